The molecule has 0 radical (unpaired) electrons. The summed E-state index contributed by atoms with van der Waals surface area (Å²) in [5, 5.41) is 11.9. The fourth-order valence-electron chi connectivity index (χ4n) is 3.94. The maximum absolute atomic E-state index is 13.3. The van der Waals surface area contributed by atoms with E-state index in [1.54, 1.807) is 33.8 Å². The molecule has 4 aromatic rings. The smallest absolute Gasteiger partial charge is 0.277 e. The predicted molar refractivity (Wildman–Crippen MR) is 119 cm³/mol. The first-order valence-electron chi connectivity index (χ1n) is 10.0. The molecule has 0 saturated carbocycles. The molecule has 1 amide bonds. The number of nitrogens with one attached hydrogen (secondary N) is 1. The lowest BCUT2D eigenvalue weighted by molar-refractivity contribution is 0.102. The summed E-state index contributed by atoms with van der Waals surface area (Å²) in [7, 11) is 0. The molecular weight excluding hydrogens is 461 g/mol. The molecule has 1 N–H and O–H groups in total. The number of amides is 1. The molecule has 156 valence electrons. The molecule has 0 aliphatic heterocycles. The molecule has 6 nitrogen and oxygen atoms in total. The van der Waals surface area contributed by atoms with Crippen LogP contribution in [0, 0.1) is 5.82 Å². The number of carbonyl (C=O) groups is 1. The Morgan fingerprint density at radius 1 is 1.10 bits per heavy atom. The summed E-state index contributed by atoms with van der Waals surface area (Å²) in [6, 6.07) is 15.8. The van der Waals surface area contributed by atoms with Crippen molar-refractivity contribution in [3.63, 3.8) is 0 Å². The largest absolute Gasteiger partial charge is 0.305 e. The number of anilines is 1. The highest BCUT2D eigenvalue weighted by atomic mass is 79.9. The van der Waals surface area contributed by atoms with Gasteiger partial charge in [-0.05, 0) is 55.2 Å². The molecule has 0 unspecified atom stereocenters. The van der Waals surface area contributed by atoms with Crippen molar-refractivity contribution in [1.82, 2.24) is 19.6 Å². The zero-order valence-corrected chi connectivity index (χ0v) is 18.1. The van der Waals surface area contributed by atoms with Crippen LogP contribution in [0.5, 0.6) is 0 Å². The fraction of sp³-hybridized carbons (Fsp3) is 0.174. The Labute approximate surface area is 186 Å². The molecule has 2 aromatic heterocycles. The van der Waals surface area contributed by atoms with Crippen LogP contribution < -0.4 is 5.32 Å². The van der Waals surface area contributed by atoms with Gasteiger partial charge in [-0.1, -0.05) is 34.1 Å². The highest BCUT2D eigenvalue weighted by molar-refractivity contribution is 9.10. The summed E-state index contributed by atoms with van der Waals surface area (Å²) in [6.45, 7) is 0.520. The lowest BCUT2D eigenvalue weighted by Crippen LogP contribution is -2.18. The summed E-state index contributed by atoms with van der Waals surface area (Å²) in [4.78, 5) is 13.1. The molecule has 1 aliphatic carbocycles. The Kier molecular flexibility index (Phi) is 5.15. The van der Waals surface area contributed by atoms with Crippen molar-refractivity contribution in [3.8, 4) is 5.69 Å². The number of halogens is 2. The van der Waals surface area contributed by atoms with Crippen molar-refractivity contribution in [1.29, 1.82) is 0 Å². The Morgan fingerprint density at radius 3 is 2.71 bits per heavy atom. The van der Waals surface area contributed by atoms with E-state index in [0.29, 0.717) is 18.1 Å². The number of benzene rings is 2. The Hall–Kier alpha value is -3.26. The Balaban J connectivity index is 1.42. The fourth-order valence-corrected chi connectivity index (χ4v) is 4.35. The van der Waals surface area contributed by atoms with Gasteiger partial charge in [0.25, 0.3) is 5.91 Å². The van der Waals surface area contributed by atoms with Crippen LogP contribution in [0.15, 0.2) is 65.3 Å². The van der Waals surface area contributed by atoms with Gasteiger partial charge in [0.05, 0.1) is 18.4 Å². The van der Waals surface area contributed by atoms with E-state index in [1.807, 2.05) is 24.3 Å². The molecule has 1 aliphatic rings. The molecule has 0 atom stereocenters. The number of hydrogen-bond acceptors (Lipinski definition) is 3. The lowest BCUT2D eigenvalue weighted by Gasteiger charge is -2.10. The first kappa shape index (κ1) is 19.7. The molecule has 0 fully saturated rings. The van der Waals surface area contributed by atoms with Gasteiger partial charge in [-0.25, -0.2) is 13.8 Å². The lowest BCUT2D eigenvalue weighted by atomic mass is 10.2. The standard InChI is InChI=1S/C23H19BrFN5O/c24-19-6-2-1-4-15(19)14-29-21(12-13-26-29)27-23(31)22-18-5-3-7-20(18)30(28-22)17-10-8-16(25)9-11-17/h1-2,4,6,8-13H,3,5,7,14H2,(H,27,31). The summed E-state index contributed by atoms with van der Waals surface area (Å²) in [6.07, 6.45) is 4.27. The van der Waals surface area contributed by atoms with E-state index in [0.717, 1.165) is 46.2 Å². The third-order valence-corrected chi connectivity index (χ3v) is 6.23. The van der Waals surface area contributed by atoms with E-state index in [9.17, 15) is 9.18 Å². The zero-order valence-electron chi connectivity index (χ0n) is 16.6. The van der Waals surface area contributed by atoms with Crippen molar-refractivity contribution >= 4 is 27.7 Å². The molecule has 2 heterocycles. The van der Waals surface area contributed by atoms with Gasteiger partial charge in [0.1, 0.15) is 11.6 Å². The summed E-state index contributed by atoms with van der Waals surface area (Å²) >= 11 is 3.55. The number of rotatable bonds is 5. The van der Waals surface area contributed by atoms with Crippen LogP contribution in [0.2, 0.25) is 0 Å². The predicted octanol–water partition coefficient (Wildman–Crippen LogP) is 4.76. The van der Waals surface area contributed by atoms with Gasteiger partial charge in [0.15, 0.2) is 5.69 Å². The van der Waals surface area contributed by atoms with E-state index in [1.165, 1.54) is 12.1 Å². The van der Waals surface area contributed by atoms with Crippen LogP contribution in [0.4, 0.5) is 10.2 Å². The molecule has 31 heavy (non-hydrogen) atoms. The highest BCUT2D eigenvalue weighted by Crippen LogP contribution is 2.28. The number of hydrogen-bond donors (Lipinski definition) is 1. The van der Waals surface area contributed by atoms with Gasteiger partial charge in [-0.15, -0.1) is 0 Å². The van der Waals surface area contributed by atoms with E-state index < -0.39 is 0 Å². The maximum Gasteiger partial charge on any atom is 0.277 e. The highest BCUT2D eigenvalue weighted by Gasteiger charge is 2.27. The average molecular weight is 480 g/mol. The van der Waals surface area contributed by atoms with Crippen molar-refractivity contribution in [2.24, 2.45) is 0 Å². The van der Waals surface area contributed by atoms with Crippen molar-refractivity contribution in [2.75, 3.05) is 5.32 Å². The molecule has 2 aromatic carbocycles. The minimum atomic E-state index is -0.302. The van der Waals surface area contributed by atoms with Crippen LogP contribution in [-0.2, 0) is 19.4 Å². The van der Waals surface area contributed by atoms with E-state index in [-0.39, 0.29) is 11.7 Å². The minimum absolute atomic E-state index is 0.270. The van der Waals surface area contributed by atoms with Crippen molar-refractivity contribution < 1.29 is 9.18 Å². The van der Waals surface area contributed by atoms with Crippen LogP contribution in [0.25, 0.3) is 5.69 Å². The van der Waals surface area contributed by atoms with Gasteiger partial charge in [0.2, 0.25) is 0 Å². The Morgan fingerprint density at radius 2 is 1.90 bits per heavy atom. The number of nitrogens with zero attached hydrogens (tertiary/aromatic N) is 4. The van der Waals surface area contributed by atoms with Crippen molar-refractivity contribution in [3.05, 3.63) is 93.6 Å². The molecule has 8 heteroatoms. The second-order valence-corrected chi connectivity index (χ2v) is 8.29. The van der Waals surface area contributed by atoms with Gasteiger partial charge >= 0.3 is 0 Å². The number of aromatic nitrogens is 4. The average Bonchev–Trinajstić information content (AvgIpc) is 3.48. The quantitative estimate of drug-likeness (QED) is 0.448. The topological polar surface area (TPSA) is 64.7 Å². The third kappa shape index (κ3) is 3.79. The number of carbonyl (C=O) groups excluding carboxylic acids is 1. The van der Waals surface area contributed by atoms with Gasteiger partial charge in [-0.2, -0.15) is 10.2 Å². The van der Waals surface area contributed by atoms with Crippen LogP contribution in [0.3, 0.4) is 0 Å². The molecule has 0 spiro atoms. The van der Waals surface area contributed by atoms with Gasteiger partial charge < -0.3 is 5.32 Å². The first-order valence-corrected chi connectivity index (χ1v) is 10.8. The normalized spacial score (nSPS) is 12.7. The summed E-state index contributed by atoms with van der Waals surface area (Å²) < 4.78 is 17.8. The van der Waals surface area contributed by atoms with E-state index >= 15 is 0 Å². The van der Waals surface area contributed by atoms with Crippen LogP contribution >= 0.6 is 15.9 Å². The second-order valence-electron chi connectivity index (χ2n) is 7.44. The minimum Gasteiger partial charge on any atom is -0.305 e. The second kappa shape index (κ2) is 8.11. The van der Waals surface area contributed by atoms with Gasteiger partial charge in [-0.3, -0.25) is 4.79 Å². The molecule has 0 saturated heterocycles. The monoisotopic (exact) mass is 479 g/mol. The third-order valence-electron chi connectivity index (χ3n) is 5.45. The molecule has 5 rings (SSSR count). The molecular formula is C23H19BrFN5O. The Bertz CT molecular complexity index is 1260. The maximum atomic E-state index is 13.3. The van der Waals surface area contributed by atoms with Crippen LogP contribution in [-0.4, -0.2) is 25.5 Å². The zero-order chi connectivity index (χ0) is 21.4. The van der Waals surface area contributed by atoms with Gasteiger partial charge in [0, 0.05) is 21.8 Å². The summed E-state index contributed by atoms with van der Waals surface area (Å²) in [5.41, 5.74) is 4.18. The van der Waals surface area contributed by atoms with Crippen molar-refractivity contribution in [2.45, 2.75) is 25.8 Å². The van der Waals surface area contributed by atoms with E-state index in [4.69, 9.17) is 0 Å². The first-order chi connectivity index (χ1) is 15.1. The molecule has 0 bridgehead atoms. The summed E-state index contributed by atoms with van der Waals surface area (Å²) in [5.74, 6) is 0.0283. The van der Waals surface area contributed by atoms with E-state index in [2.05, 4.69) is 31.4 Å². The number of fused-ring (bicyclic) bond motifs is 1. The SMILES string of the molecule is O=C(Nc1ccnn1Cc1ccccc1Br)c1nn(-c2ccc(F)cc2)c2c1CCC2. The van der Waals surface area contributed by atoms with Crippen LogP contribution in [0.1, 0.15) is 33.7 Å².